The first-order chi connectivity index (χ1) is 7.02. The summed E-state index contributed by atoms with van der Waals surface area (Å²) >= 11 is 0. The maximum Gasteiger partial charge on any atom is 0.239 e. The van der Waals surface area contributed by atoms with Gasteiger partial charge in [-0.3, -0.25) is 4.79 Å². The maximum absolute atomic E-state index is 12.0. The monoisotopic (exact) mass is 212 g/mol. The summed E-state index contributed by atoms with van der Waals surface area (Å²) in [5.41, 5.74) is 5.69. The summed E-state index contributed by atoms with van der Waals surface area (Å²) in [7, 11) is 0. The number of rotatable bonds is 4. The Morgan fingerprint density at radius 1 is 1.33 bits per heavy atom. The first kappa shape index (κ1) is 12.5. The molecule has 88 valence electrons. The number of carbonyl (C=O) groups is 1. The molecule has 0 saturated heterocycles. The fourth-order valence-electron chi connectivity index (χ4n) is 2.29. The van der Waals surface area contributed by atoms with Gasteiger partial charge in [-0.2, -0.15) is 0 Å². The molecule has 1 saturated carbocycles. The molecule has 1 rings (SSSR count). The molecular weight excluding hydrogens is 188 g/mol. The average molecular weight is 212 g/mol. The van der Waals surface area contributed by atoms with E-state index in [1.54, 1.807) is 6.92 Å². The Morgan fingerprint density at radius 2 is 1.87 bits per heavy atom. The van der Waals surface area contributed by atoms with Crippen LogP contribution >= 0.6 is 0 Å². The Balaban J connectivity index is 2.63. The third-order valence-electron chi connectivity index (χ3n) is 3.00. The first-order valence-electron chi connectivity index (χ1n) is 6.08. The molecule has 1 aliphatic carbocycles. The molecule has 3 heteroatoms. The summed E-state index contributed by atoms with van der Waals surface area (Å²) in [5.74, 6) is 0.643. The van der Waals surface area contributed by atoms with E-state index in [2.05, 4.69) is 13.8 Å². The molecule has 0 aromatic carbocycles. The zero-order valence-corrected chi connectivity index (χ0v) is 10.2. The minimum Gasteiger partial charge on any atom is -0.338 e. The third kappa shape index (κ3) is 3.49. The van der Waals surface area contributed by atoms with Gasteiger partial charge in [0.1, 0.15) is 0 Å². The van der Waals surface area contributed by atoms with Gasteiger partial charge in [-0.15, -0.1) is 0 Å². The smallest absolute Gasteiger partial charge is 0.239 e. The van der Waals surface area contributed by atoms with Crippen molar-refractivity contribution in [3.63, 3.8) is 0 Å². The standard InChI is InChI=1S/C12H24N2O/c1-9(2)8-14(12(15)10(3)13)11-6-4-5-7-11/h9-11H,4-8,13H2,1-3H3/t10-/m1/s1. The highest BCUT2D eigenvalue weighted by Gasteiger charge is 2.28. The number of nitrogens with two attached hydrogens (primary N) is 1. The van der Waals surface area contributed by atoms with E-state index in [-0.39, 0.29) is 11.9 Å². The van der Waals surface area contributed by atoms with Crippen LogP contribution < -0.4 is 5.73 Å². The van der Waals surface area contributed by atoms with Crippen molar-refractivity contribution in [2.24, 2.45) is 11.7 Å². The van der Waals surface area contributed by atoms with Gasteiger partial charge in [-0.1, -0.05) is 26.7 Å². The van der Waals surface area contributed by atoms with Crippen LogP contribution in [-0.2, 0) is 4.79 Å². The Bertz CT molecular complexity index is 208. The van der Waals surface area contributed by atoms with Crippen LogP contribution in [0, 0.1) is 5.92 Å². The van der Waals surface area contributed by atoms with Gasteiger partial charge in [0.05, 0.1) is 6.04 Å². The zero-order chi connectivity index (χ0) is 11.4. The largest absolute Gasteiger partial charge is 0.338 e. The molecule has 1 fully saturated rings. The van der Waals surface area contributed by atoms with E-state index in [0.29, 0.717) is 12.0 Å². The highest BCUT2D eigenvalue weighted by Crippen LogP contribution is 2.24. The summed E-state index contributed by atoms with van der Waals surface area (Å²) in [6.45, 7) is 6.93. The van der Waals surface area contributed by atoms with E-state index in [4.69, 9.17) is 5.73 Å². The second kappa shape index (κ2) is 5.50. The van der Waals surface area contributed by atoms with Crippen molar-refractivity contribution in [3.8, 4) is 0 Å². The maximum atomic E-state index is 12.0. The van der Waals surface area contributed by atoms with Crippen molar-refractivity contribution in [3.05, 3.63) is 0 Å². The molecule has 15 heavy (non-hydrogen) atoms. The van der Waals surface area contributed by atoms with E-state index in [1.165, 1.54) is 12.8 Å². The molecule has 3 nitrogen and oxygen atoms in total. The summed E-state index contributed by atoms with van der Waals surface area (Å²) in [5, 5.41) is 0. The van der Waals surface area contributed by atoms with Crippen LogP contribution in [0.1, 0.15) is 46.5 Å². The van der Waals surface area contributed by atoms with Crippen LogP contribution in [0.15, 0.2) is 0 Å². The fourth-order valence-corrected chi connectivity index (χ4v) is 2.29. The number of carbonyl (C=O) groups excluding carboxylic acids is 1. The summed E-state index contributed by atoms with van der Waals surface area (Å²) < 4.78 is 0. The van der Waals surface area contributed by atoms with Crippen LogP contribution in [0.5, 0.6) is 0 Å². The molecule has 1 atom stereocenters. The Kier molecular flexibility index (Phi) is 4.58. The van der Waals surface area contributed by atoms with Gasteiger partial charge in [-0.25, -0.2) is 0 Å². The summed E-state index contributed by atoms with van der Waals surface area (Å²) in [4.78, 5) is 14.0. The van der Waals surface area contributed by atoms with Gasteiger partial charge in [0.2, 0.25) is 5.91 Å². The minimum absolute atomic E-state index is 0.121. The van der Waals surface area contributed by atoms with E-state index in [0.717, 1.165) is 19.4 Å². The van der Waals surface area contributed by atoms with E-state index in [1.807, 2.05) is 4.90 Å². The number of hydrogen-bond acceptors (Lipinski definition) is 2. The molecule has 2 N–H and O–H groups in total. The third-order valence-corrected chi connectivity index (χ3v) is 3.00. The van der Waals surface area contributed by atoms with E-state index >= 15 is 0 Å². The molecule has 0 aromatic heterocycles. The summed E-state index contributed by atoms with van der Waals surface area (Å²) in [6, 6.07) is 0.0928. The molecule has 0 spiro atoms. The Morgan fingerprint density at radius 3 is 2.27 bits per heavy atom. The molecule has 0 radical (unpaired) electrons. The van der Waals surface area contributed by atoms with Crippen LogP contribution in [0.4, 0.5) is 0 Å². The molecule has 1 amide bonds. The molecule has 0 aliphatic heterocycles. The Hall–Kier alpha value is -0.570. The fraction of sp³-hybridized carbons (Fsp3) is 0.917. The molecular formula is C12H24N2O. The van der Waals surface area contributed by atoms with Gasteiger partial charge < -0.3 is 10.6 Å². The van der Waals surface area contributed by atoms with Crippen molar-refractivity contribution >= 4 is 5.91 Å². The topological polar surface area (TPSA) is 46.3 Å². The average Bonchev–Trinajstić information content (AvgIpc) is 2.65. The van der Waals surface area contributed by atoms with Crippen molar-refractivity contribution < 1.29 is 4.79 Å². The number of nitrogens with zero attached hydrogens (tertiary/aromatic N) is 1. The lowest BCUT2D eigenvalue weighted by atomic mass is 10.1. The predicted molar refractivity (Wildman–Crippen MR) is 62.5 cm³/mol. The van der Waals surface area contributed by atoms with E-state index < -0.39 is 0 Å². The SMILES string of the molecule is CC(C)CN(C(=O)[C@@H](C)N)C1CCCC1. The van der Waals surface area contributed by atoms with E-state index in [9.17, 15) is 4.79 Å². The van der Waals surface area contributed by atoms with Crippen LogP contribution in [0.3, 0.4) is 0 Å². The van der Waals surface area contributed by atoms with Crippen LogP contribution in [0.2, 0.25) is 0 Å². The molecule has 0 unspecified atom stereocenters. The predicted octanol–water partition coefficient (Wildman–Crippen LogP) is 1.76. The van der Waals surface area contributed by atoms with Gasteiger partial charge >= 0.3 is 0 Å². The van der Waals surface area contributed by atoms with Gasteiger partial charge in [-0.05, 0) is 25.7 Å². The number of hydrogen-bond donors (Lipinski definition) is 1. The second-order valence-corrected chi connectivity index (χ2v) is 5.11. The quantitative estimate of drug-likeness (QED) is 0.772. The van der Waals surface area contributed by atoms with Crippen molar-refractivity contribution in [2.45, 2.75) is 58.5 Å². The molecule has 0 bridgehead atoms. The van der Waals surface area contributed by atoms with Gasteiger partial charge in [0.25, 0.3) is 0 Å². The highest BCUT2D eigenvalue weighted by molar-refractivity contribution is 5.81. The lowest BCUT2D eigenvalue weighted by molar-refractivity contribution is -0.135. The zero-order valence-electron chi connectivity index (χ0n) is 10.2. The minimum atomic E-state index is -0.357. The molecule has 0 aromatic rings. The van der Waals surface area contributed by atoms with Gasteiger partial charge in [0.15, 0.2) is 0 Å². The molecule has 1 aliphatic rings. The van der Waals surface area contributed by atoms with Crippen molar-refractivity contribution in [1.82, 2.24) is 4.90 Å². The van der Waals surface area contributed by atoms with Crippen LogP contribution in [0.25, 0.3) is 0 Å². The van der Waals surface area contributed by atoms with Crippen molar-refractivity contribution in [2.75, 3.05) is 6.54 Å². The normalized spacial score (nSPS) is 19.5. The van der Waals surface area contributed by atoms with Crippen LogP contribution in [-0.4, -0.2) is 29.4 Å². The number of amides is 1. The van der Waals surface area contributed by atoms with Gasteiger partial charge in [0, 0.05) is 12.6 Å². The highest BCUT2D eigenvalue weighted by atomic mass is 16.2. The lowest BCUT2D eigenvalue weighted by Crippen LogP contribution is -2.48. The second-order valence-electron chi connectivity index (χ2n) is 5.11. The first-order valence-corrected chi connectivity index (χ1v) is 6.08. The van der Waals surface area contributed by atoms with Crippen molar-refractivity contribution in [1.29, 1.82) is 0 Å². The lowest BCUT2D eigenvalue weighted by Gasteiger charge is -2.32. The molecule has 0 heterocycles. The summed E-state index contributed by atoms with van der Waals surface area (Å²) in [6.07, 6.45) is 4.83. The Labute approximate surface area is 93.0 Å².